The Morgan fingerprint density at radius 3 is 2.86 bits per heavy atom. The van der Waals surface area contributed by atoms with E-state index >= 15 is 0 Å². The fourth-order valence-electron chi connectivity index (χ4n) is 0.915. The van der Waals surface area contributed by atoms with E-state index in [4.69, 9.17) is 9.52 Å². The lowest BCUT2D eigenvalue weighted by Gasteiger charge is -1.97. The van der Waals surface area contributed by atoms with Gasteiger partial charge in [-0.15, -0.1) is 0 Å². The van der Waals surface area contributed by atoms with E-state index in [1.54, 1.807) is 12.4 Å². The molecule has 0 fully saturated rings. The summed E-state index contributed by atoms with van der Waals surface area (Å²) in [7, 11) is 0. The minimum absolute atomic E-state index is 0.0109. The van der Waals surface area contributed by atoms with Gasteiger partial charge in [0, 0.05) is 6.20 Å². The lowest BCUT2D eigenvalue weighted by atomic mass is 10.3. The maximum absolute atomic E-state index is 8.81. The number of aliphatic hydroxyl groups is 1. The second-order valence-electron chi connectivity index (χ2n) is 2.56. The Labute approximate surface area is 85.0 Å². The Hall–Kier alpha value is -1.33. The summed E-state index contributed by atoms with van der Waals surface area (Å²) >= 11 is 1.34. The first kappa shape index (κ1) is 9.23. The van der Waals surface area contributed by atoms with E-state index in [1.807, 2.05) is 12.1 Å². The van der Waals surface area contributed by atoms with Gasteiger partial charge < -0.3 is 9.52 Å². The Morgan fingerprint density at radius 2 is 2.29 bits per heavy atom. The first-order valence-corrected chi connectivity index (χ1v) is 4.83. The van der Waals surface area contributed by atoms with E-state index in [9.17, 15) is 0 Å². The van der Waals surface area contributed by atoms with E-state index in [0.717, 1.165) is 10.6 Å². The number of nitrogens with zero attached hydrogens (tertiary/aromatic N) is 2. The van der Waals surface area contributed by atoms with Gasteiger partial charge in [-0.2, -0.15) is 0 Å². The molecule has 2 rings (SSSR count). The van der Waals surface area contributed by atoms with Crippen LogP contribution in [0.5, 0.6) is 0 Å². The molecule has 0 unspecified atom stereocenters. The van der Waals surface area contributed by atoms with Gasteiger partial charge >= 0.3 is 0 Å². The average molecular weight is 208 g/mol. The highest BCUT2D eigenvalue weighted by Gasteiger charge is 2.02. The third kappa shape index (κ3) is 2.12. The third-order valence-corrected chi connectivity index (χ3v) is 2.41. The molecule has 0 radical (unpaired) electrons. The number of hydrogen-bond acceptors (Lipinski definition) is 5. The van der Waals surface area contributed by atoms with Gasteiger partial charge in [-0.1, -0.05) is 6.07 Å². The van der Waals surface area contributed by atoms with Crippen LogP contribution in [0.15, 0.2) is 45.5 Å². The highest BCUT2D eigenvalue weighted by atomic mass is 32.2. The number of pyridine rings is 1. The van der Waals surface area contributed by atoms with Gasteiger partial charge in [-0.25, -0.2) is 9.97 Å². The zero-order chi connectivity index (χ0) is 9.80. The number of aromatic nitrogens is 2. The lowest BCUT2D eigenvalue weighted by Crippen LogP contribution is -1.85. The van der Waals surface area contributed by atoms with Crippen LogP contribution in [-0.2, 0) is 6.61 Å². The van der Waals surface area contributed by atoms with Crippen molar-refractivity contribution in [3.63, 3.8) is 0 Å². The molecule has 2 aromatic heterocycles. The number of oxazole rings is 1. The van der Waals surface area contributed by atoms with Crippen molar-refractivity contribution >= 4 is 11.8 Å². The molecule has 0 aromatic carbocycles. The first-order chi connectivity index (χ1) is 6.88. The predicted molar refractivity (Wildman–Crippen MR) is 50.8 cm³/mol. The maximum atomic E-state index is 8.81. The highest BCUT2D eigenvalue weighted by molar-refractivity contribution is 7.99. The molecule has 0 aliphatic carbocycles. The molecule has 5 heteroatoms. The molecule has 2 heterocycles. The summed E-state index contributed by atoms with van der Waals surface area (Å²) < 4.78 is 5.06. The second kappa shape index (κ2) is 4.26. The van der Waals surface area contributed by atoms with Crippen LogP contribution in [0.2, 0.25) is 0 Å². The van der Waals surface area contributed by atoms with Crippen molar-refractivity contribution in [3.8, 4) is 0 Å². The molecule has 0 atom stereocenters. The topological polar surface area (TPSA) is 59.2 Å². The van der Waals surface area contributed by atoms with Gasteiger partial charge in [0.2, 0.25) is 0 Å². The molecular weight excluding hydrogens is 200 g/mol. The van der Waals surface area contributed by atoms with E-state index < -0.39 is 0 Å². The van der Waals surface area contributed by atoms with E-state index in [1.165, 1.54) is 18.0 Å². The smallest absolute Gasteiger partial charge is 0.261 e. The zero-order valence-corrected chi connectivity index (χ0v) is 8.07. The lowest BCUT2D eigenvalue weighted by molar-refractivity contribution is 0.281. The molecule has 0 saturated heterocycles. The Morgan fingerprint density at radius 1 is 1.36 bits per heavy atom. The monoisotopic (exact) mass is 208 g/mol. The summed E-state index contributed by atoms with van der Waals surface area (Å²) in [5.74, 6) is 0. The van der Waals surface area contributed by atoms with Crippen LogP contribution in [0.3, 0.4) is 0 Å². The van der Waals surface area contributed by atoms with Gasteiger partial charge in [-0.05, 0) is 23.4 Å². The number of rotatable bonds is 3. The largest absolute Gasteiger partial charge is 0.440 e. The van der Waals surface area contributed by atoms with Crippen molar-refractivity contribution in [2.45, 2.75) is 16.9 Å². The maximum Gasteiger partial charge on any atom is 0.261 e. The van der Waals surface area contributed by atoms with E-state index in [2.05, 4.69) is 9.97 Å². The first-order valence-electron chi connectivity index (χ1n) is 4.01. The Bertz CT molecular complexity index is 386. The predicted octanol–water partition coefficient (Wildman–Crippen LogP) is 1.71. The highest BCUT2D eigenvalue weighted by Crippen LogP contribution is 2.23. The van der Waals surface area contributed by atoms with Crippen molar-refractivity contribution in [3.05, 3.63) is 36.4 Å². The number of aliphatic hydroxyl groups excluding tert-OH is 1. The van der Waals surface area contributed by atoms with Crippen LogP contribution in [0, 0.1) is 0 Å². The average Bonchev–Trinajstić information content (AvgIpc) is 2.72. The Kier molecular flexibility index (Phi) is 2.81. The molecule has 0 amide bonds. The summed E-state index contributed by atoms with van der Waals surface area (Å²) in [4.78, 5) is 8.09. The van der Waals surface area contributed by atoms with E-state index in [0.29, 0.717) is 5.22 Å². The van der Waals surface area contributed by atoms with Gasteiger partial charge in [-0.3, -0.25) is 0 Å². The SMILES string of the molecule is OCc1ccc(Sc2ncco2)nc1. The standard InChI is InChI=1S/C9H8N2O2S/c12-6-7-1-2-8(11-5-7)14-9-10-3-4-13-9/h1-5,12H,6H2. The van der Waals surface area contributed by atoms with Crippen molar-refractivity contribution < 1.29 is 9.52 Å². The molecule has 0 bridgehead atoms. The summed E-state index contributed by atoms with van der Waals surface area (Å²) in [6, 6.07) is 3.64. The normalized spacial score (nSPS) is 10.4. The summed E-state index contributed by atoms with van der Waals surface area (Å²) in [5, 5.41) is 10.2. The van der Waals surface area contributed by atoms with Crippen LogP contribution in [-0.4, -0.2) is 15.1 Å². The fraction of sp³-hybridized carbons (Fsp3) is 0.111. The van der Waals surface area contributed by atoms with Gasteiger partial charge in [0.1, 0.15) is 11.3 Å². The van der Waals surface area contributed by atoms with Crippen molar-refractivity contribution in [2.24, 2.45) is 0 Å². The molecule has 0 spiro atoms. The van der Waals surface area contributed by atoms with Crippen LogP contribution in [0.1, 0.15) is 5.56 Å². The quantitative estimate of drug-likeness (QED) is 0.832. The molecule has 0 aliphatic heterocycles. The zero-order valence-electron chi connectivity index (χ0n) is 7.25. The molecule has 14 heavy (non-hydrogen) atoms. The molecule has 4 nitrogen and oxygen atoms in total. The fourth-order valence-corrected chi connectivity index (χ4v) is 1.55. The molecule has 0 saturated carbocycles. The van der Waals surface area contributed by atoms with Gasteiger partial charge in [0.05, 0.1) is 12.8 Å². The Balaban J connectivity index is 2.10. The minimum Gasteiger partial charge on any atom is -0.440 e. The summed E-state index contributed by atoms with van der Waals surface area (Å²) in [5.41, 5.74) is 0.793. The van der Waals surface area contributed by atoms with Crippen molar-refractivity contribution in [1.29, 1.82) is 0 Å². The molecule has 0 aliphatic rings. The molecule has 1 N–H and O–H groups in total. The van der Waals surface area contributed by atoms with Crippen molar-refractivity contribution in [1.82, 2.24) is 9.97 Å². The molecule has 2 aromatic rings. The van der Waals surface area contributed by atoms with Gasteiger partial charge in [0.25, 0.3) is 5.22 Å². The second-order valence-corrected chi connectivity index (χ2v) is 3.53. The number of hydrogen-bond donors (Lipinski definition) is 1. The van der Waals surface area contributed by atoms with Crippen LogP contribution in [0.4, 0.5) is 0 Å². The van der Waals surface area contributed by atoms with Crippen LogP contribution in [0.25, 0.3) is 0 Å². The van der Waals surface area contributed by atoms with Crippen molar-refractivity contribution in [2.75, 3.05) is 0 Å². The molecular formula is C9H8N2O2S. The van der Waals surface area contributed by atoms with Crippen LogP contribution < -0.4 is 0 Å². The third-order valence-electron chi connectivity index (χ3n) is 1.58. The van der Waals surface area contributed by atoms with Gasteiger partial charge in [0.15, 0.2) is 0 Å². The summed E-state index contributed by atoms with van der Waals surface area (Å²) in [6.07, 6.45) is 4.74. The van der Waals surface area contributed by atoms with Crippen LogP contribution >= 0.6 is 11.8 Å². The molecule has 72 valence electrons. The van der Waals surface area contributed by atoms with E-state index in [-0.39, 0.29) is 6.61 Å². The summed E-state index contributed by atoms with van der Waals surface area (Å²) in [6.45, 7) is 0.0109. The minimum atomic E-state index is 0.0109.